The van der Waals surface area contributed by atoms with Crippen LogP contribution in [0.25, 0.3) is 11.1 Å². The van der Waals surface area contributed by atoms with Gasteiger partial charge in [0.05, 0.1) is 0 Å². The first kappa shape index (κ1) is 13.3. The molecule has 0 amide bonds. The van der Waals surface area contributed by atoms with E-state index in [0.29, 0.717) is 23.5 Å². The first-order chi connectivity index (χ1) is 11.3. The van der Waals surface area contributed by atoms with Crippen LogP contribution in [0.4, 0.5) is 0 Å². The number of benzene rings is 2. The van der Waals surface area contributed by atoms with Crippen LogP contribution in [0.1, 0.15) is 30.4 Å². The largest absolute Gasteiger partial charge is 0.294 e. The van der Waals surface area contributed by atoms with Gasteiger partial charge in [-0.3, -0.25) is 4.79 Å². The number of allylic oxidation sites excluding steroid dienone is 2. The maximum absolute atomic E-state index is 13.3. The lowest BCUT2D eigenvalue weighted by Crippen LogP contribution is -2.24. The van der Waals surface area contributed by atoms with Crippen LogP contribution in [0, 0.1) is 23.7 Å². The van der Waals surface area contributed by atoms with E-state index in [0.717, 1.165) is 11.1 Å². The van der Waals surface area contributed by atoms with Gasteiger partial charge in [-0.1, -0.05) is 60.7 Å². The molecule has 0 N–H and O–H groups in total. The lowest BCUT2D eigenvalue weighted by atomic mass is 9.77. The molecular formula is C22H20O. The second kappa shape index (κ2) is 4.92. The highest BCUT2D eigenvalue weighted by Crippen LogP contribution is 2.62. The molecule has 3 aliphatic rings. The molecule has 0 radical (unpaired) electrons. The summed E-state index contributed by atoms with van der Waals surface area (Å²) in [4.78, 5) is 13.3. The normalized spacial score (nSPS) is 31.7. The molecule has 0 aromatic heterocycles. The summed E-state index contributed by atoms with van der Waals surface area (Å²) in [6, 6.07) is 20.9. The van der Waals surface area contributed by atoms with Crippen molar-refractivity contribution in [2.24, 2.45) is 23.7 Å². The number of carbonyl (C=O) groups excluding carboxylic acids is 1. The van der Waals surface area contributed by atoms with Crippen molar-refractivity contribution in [1.82, 2.24) is 0 Å². The fourth-order valence-corrected chi connectivity index (χ4v) is 5.41. The van der Waals surface area contributed by atoms with E-state index >= 15 is 0 Å². The smallest absolute Gasteiger partial charge is 0.167 e. The van der Waals surface area contributed by atoms with Crippen LogP contribution in [0.2, 0.25) is 0 Å². The van der Waals surface area contributed by atoms with Crippen LogP contribution in [0.3, 0.4) is 0 Å². The molecular weight excluding hydrogens is 280 g/mol. The molecule has 2 fully saturated rings. The highest BCUT2D eigenvalue weighted by atomic mass is 16.1. The monoisotopic (exact) mass is 300 g/mol. The van der Waals surface area contributed by atoms with E-state index in [9.17, 15) is 4.79 Å². The third kappa shape index (κ3) is 1.83. The number of hydrogen-bond donors (Lipinski definition) is 0. The van der Waals surface area contributed by atoms with Gasteiger partial charge in [0.2, 0.25) is 0 Å². The Morgan fingerprint density at radius 1 is 0.696 bits per heavy atom. The van der Waals surface area contributed by atoms with Crippen molar-refractivity contribution in [3.8, 4) is 0 Å². The molecule has 2 saturated carbocycles. The van der Waals surface area contributed by atoms with Crippen molar-refractivity contribution in [2.75, 3.05) is 0 Å². The van der Waals surface area contributed by atoms with Gasteiger partial charge in [-0.15, -0.1) is 0 Å². The molecule has 0 spiro atoms. The van der Waals surface area contributed by atoms with Crippen LogP contribution < -0.4 is 0 Å². The average molecular weight is 300 g/mol. The van der Waals surface area contributed by atoms with Crippen molar-refractivity contribution >= 4 is 16.9 Å². The maximum atomic E-state index is 13.3. The average Bonchev–Trinajstić information content (AvgIpc) is 3.29. The Morgan fingerprint density at radius 3 is 1.91 bits per heavy atom. The first-order valence-electron chi connectivity index (χ1n) is 8.74. The Bertz CT molecular complexity index is 787. The fraction of sp³-hybridized carbons (Fsp3) is 0.318. The zero-order valence-corrected chi connectivity index (χ0v) is 13.1. The molecule has 4 atom stereocenters. The molecule has 23 heavy (non-hydrogen) atoms. The highest BCUT2D eigenvalue weighted by Gasteiger charge is 2.56. The van der Waals surface area contributed by atoms with E-state index in [2.05, 4.69) is 42.5 Å². The second-order valence-corrected chi connectivity index (χ2v) is 7.27. The minimum atomic E-state index is 0.249. The Balaban J connectivity index is 1.75. The summed E-state index contributed by atoms with van der Waals surface area (Å²) < 4.78 is 0. The molecule has 0 aliphatic heterocycles. The number of fused-ring (bicyclic) bond motifs is 5. The van der Waals surface area contributed by atoms with E-state index in [1.165, 1.54) is 30.4 Å². The van der Waals surface area contributed by atoms with Gasteiger partial charge in [-0.05, 0) is 53.7 Å². The Morgan fingerprint density at radius 2 is 1.26 bits per heavy atom. The van der Waals surface area contributed by atoms with Gasteiger partial charge >= 0.3 is 0 Å². The predicted octanol–water partition coefficient (Wildman–Crippen LogP) is 4.84. The third-order valence-electron chi connectivity index (χ3n) is 6.22. The fourth-order valence-electron chi connectivity index (χ4n) is 5.41. The molecule has 1 nitrogen and oxygen atoms in total. The summed E-state index contributed by atoms with van der Waals surface area (Å²) in [6.45, 7) is 0. The number of Topliss-reactive ketones (excluding diaryl/α,β-unsaturated/α-hetero) is 1. The Labute approximate surface area is 137 Å². The quantitative estimate of drug-likeness (QED) is 0.775. The SMILES string of the molecule is O=C1C(c2ccccc2)=C(c2ccccc2)[C@@H]2[C@H]3CC[C@H](C3)[C@H]12. The lowest BCUT2D eigenvalue weighted by molar-refractivity contribution is -0.118. The van der Waals surface area contributed by atoms with Gasteiger partial charge < -0.3 is 0 Å². The van der Waals surface area contributed by atoms with E-state index < -0.39 is 0 Å². The van der Waals surface area contributed by atoms with Crippen molar-refractivity contribution in [3.05, 3.63) is 71.8 Å². The molecule has 2 bridgehead atoms. The molecule has 0 saturated heterocycles. The van der Waals surface area contributed by atoms with Crippen molar-refractivity contribution in [1.29, 1.82) is 0 Å². The summed E-state index contributed by atoms with van der Waals surface area (Å²) in [5, 5.41) is 0. The molecule has 1 heteroatoms. The van der Waals surface area contributed by atoms with Crippen LogP contribution in [-0.4, -0.2) is 5.78 Å². The Kier molecular flexibility index (Phi) is 2.85. The maximum Gasteiger partial charge on any atom is 0.167 e. The van der Waals surface area contributed by atoms with Gasteiger partial charge in [-0.2, -0.15) is 0 Å². The summed E-state index contributed by atoms with van der Waals surface area (Å²) in [5.74, 6) is 2.45. The van der Waals surface area contributed by atoms with Crippen molar-refractivity contribution < 1.29 is 4.79 Å². The number of ketones is 1. The van der Waals surface area contributed by atoms with Crippen LogP contribution >= 0.6 is 0 Å². The molecule has 114 valence electrons. The van der Waals surface area contributed by atoms with Gasteiger partial charge in [-0.25, -0.2) is 0 Å². The van der Waals surface area contributed by atoms with Gasteiger partial charge in [0.15, 0.2) is 5.78 Å². The summed E-state index contributed by atoms with van der Waals surface area (Å²) >= 11 is 0. The first-order valence-corrected chi connectivity index (χ1v) is 8.74. The number of rotatable bonds is 2. The van der Waals surface area contributed by atoms with E-state index in [1.807, 2.05) is 18.2 Å². The second-order valence-electron chi connectivity index (χ2n) is 7.27. The van der Waals surface area contributed by atoms with E-state index in [-0.39, 0.29) is 5.92 Å². The molecule has 0 heterocycles. The zero-order chi connectivity index (χ0) is 15.4. The summed E-state index contributed by atoms with van der Waals surface area (Å²) in [5.41, 5.74) is 4.69. The topological polar surface area (TPSA) is 17.1 Å². The van der Waals surface area contributed by atoms with Crippen LogP contribution in [0.5, 0.6) is 0 Å². The lowest BCUT2D eigenvalue weighted by Gasteiger charge is -2.26. The van der Waals surface area contributed by atoms with Crippen LogP contribution in [-0.2, 0) is 4.79 Å². The molecule has 0 unspecified atom stereocenters. The van der Waals surface area contributed by atoms with Gasteiger partial charge in [0.1, 0.15) is 0 Å². The van der Waals surface area contributed by atoms with Gasteiger partial charge in [0, 0.05) is 11.5 Å². The highest BCUT2D eigenvalue weighted by molar-refractivity contribution is 6.32. The molecule has 2 aromatic carbocycles. The molecule has 3 aliphatic carbocycles. The van der Waals surface area contributed by atoms with Gasteiger partial charge in [0.25, 0.3) is 0 Å². The van der Waals surface area contributed by atoms with Crippen LogP contribution in [0.15, 0.2) is 60.7 Å². The molecule has 2 aromatic rings. The van der Waals surface area contributed by atoms with E-state index in [1.54, 1.807) is 0 Å². The standard InChI is InChI=1S/C22H20O/c23-22-20(15-9-5-2-6-10-15)18(14-7-3-1-4-8-14)19-16-11-12-17(13-16)21(19)22/h1-10,16-17,19,21H,11-13H2/t16-,17+,19-,21-/m0/s1. The Hall–Kier alpha value is -2.15. The number of carbonyl (C=O) groups is 1. The minimum Gasteiger partial charge on any atom is -0.294 e. The third-order valence-corrected chi connectivity index (χ3v) is 6.22. The minimum absolute atomic E-state index is 0.249. The number of hydrogen-bond acceptors (Lipinski definition) is 1. The van der Waals surface area contributed by atoms with Crippen molar-refractivity contribution in [2.45, 2.75) is 19.3 Å². The van der Waals surface area contributed by atoms with E-state index in [4.69, 9.17) is 0 Å². The summed E-state index contributed by atoms with van der Waals surface area (Å²) in [7, 11) is 0. The predicted molar refractivity (Wildman–Crippen MR) is 92.5 cm³/mol. The molecule has 5 rings (SSSR count). The summed E-state index contributed by atoms with van der Waals surface area (Å²) in [6.07, 6.45) is 3.82. The zero-order valence-electron chi connectivity index (χ0n) is 13.1. The van der Waals surface area contributed by atoms with Crippen molar-refractivity contribution in [3.63, 3.8) is 0 Å².